The normalized spacial score (nSPS) is 14.5. The van der Waals surface area contributed by atoms with Crippen LogP contribution in [0.4, 0.5) is 4.79 Å². The van der Waals surface area contributed by atoms with Crippen molar-refractivity contribution >= 4 is 15.3 Å². The molecular weight excluding hydrogens is 231 g/mol. The molecule has 0 aliphatic heterocycles. The molecule has 0 saturated carbocycles. The van der Waals surface area contributed by atoms with Crippen LogP contribution in [-0.2, 0) is 0 Å². The summed E-state index contributed by atoms with van der Waals surface area (Å²) in [7, 11) is 2.83. The first kappa shape index (κ1) is 16.7. The lowest BCUT2D eigenvalue weighted by atomic mass is 10.1. The summed E-state index contributed by atoms with van der Waals surface area (Å²) in [5, 5.41) is 5.99. The lowest BCUT2D eigenvalue weighted by molar-refractivity contribution is 0.235. The van der Waals surface area contributed by atoms with Gasteiger partial charge in [0.1, 0.15) is 0 Å². The molecule has 0 radical (unpaired) electrons. The number of hydrogen-bond donors (Lipinski definition) is 2. The van der Waals surface area contributed by atoms with Gasteiger partial charge in [-0.25, -0.2) is 4.79 Å². The van der Waals surface area contributed by atoms with Gasteiger partial charge in [-0.2, -0.15) is 0 Å². The van der Waals surface area contributed by atoms with E-state index in [2.05, 4.69) is 47.6 Å². The average molecular weight is 260 g/mol. The van der Waals surface area contributed by atoms with E-state index in [0.717, 1.165) is 32.2 Å². The van der Waals surface area contributed by atoms with Crippen molar-refractivity contribution in [2.24, 2.45) is 5.92 Å². The Hall–Kier alpha value is -0.300. The van der Waals surface area contributed by atoms with Crippen LogP contribution in [0.15, 0.2) is 0 Å². The van der Waals surface area contributed by atoms with E-state index in [-0.39, 0.29) is 12.1 Å². The molecule has 0 rings (SSSR count). The highest BCUT2D eigenvalue weighted by atomic mass is 31.0. The van der Waals surface area contributed by atoms with E-state index in [0.29, 0.717) is 11.6 Å². The van der Waals surface area contributed by atoms with Crippen LogP contribution >= 0.6 is 9.24 Å². The fourth-order valence-electron chi connectivity index (χ4n) is 1.68. The van der Waals surface area contributed by atoms with Gasteiger partial charge < -0.3 is 10.6 Å². The standard InChI is InChI=1S/C13H29N2OP/c1-5-7-11(12(17)6-2)15-13(16)14-9-8-10(3)4/h10-12H,5-9,17H2,1-4H3,(H2,14,15,16)/t11?,12-/m0/s1. The Balaban J connectivity index is 3.95. The van der Waals surface area contributed by atoms with E-state index in [9.17, 15) is 4.79 Å². The van der Waals surface area contributed by atoms with Crippen molar-refractivity contribution < 1.29 is 4.79 Å². The lowest BCUT2D eigenvalue weighted by Gasteiger charge is -2.24. The number of rotatable bonds is 8. The lowest BCUT2D eigenvalue weighted by Crippen LogP contribution is -2.46. The highest BCUT2D eigenvalue weighted by molar-refractivity contribution is 7.17. The maximum atomic E-state index is 11.7. The van der Waals surface area contributed by atoms with Crippen LogP contribution in [0.3, 0.4) is 0 Å². The number of nitrogens with one attached hydrogen (secondary N) is 2. The quantitative estimate of drug-likeness (QED) is 0.647. The van der Waals surface area contributed by atoms with Crippen LogP contribution in [0.5, 0.6) is 0 Å². The van der Waals surface area contributed by atoms with Gasteiger partial charge in [-0.05, 0) is 30.8 Å². The molecule has 0 aromatic carbocycles. The number of carbonyl (C=O) groups is 1. The molecule has 17 heavy (non-hydrogen) atoms. The predicted molar refractivity (Wildman–Crippen MR) is 78.5 cm³/mol. The summed E-state index contributed by atoms with van der Waals surface area (Å²) in [5.41, 5.74) is 0.464. The van der Waals surface area contributed by atoms with Crippen molar-refractivity contribution in [1.29, 1.82) is 0 Å². The molecule has 4 heteroatoms. The van der Waals surface area contributed by atoms with Gasteiger partial charge in [0.15, 0.2) is 0 Å². The maximum absolute atomic E-state index is 11.7. The second kappa shape index (κ2) is 9.70. The summed E-state index contributed by atoms with van der Waals surface area (Å²) in [6.07, 6.45) is 4.24. The van der Waals surface area contributed by atoms with Crippen LogP contribution in [0, 0.1) is 5.92 Å². The summed E-state index contributed by atoms with van der Waals surface area (Å²) >= 11 is 0. The van der Waals surface area contributed by atoms with Gasteiger partial charge in [-0.1, -0.05) is 34.1 Å². The molecule has 102 valence electrons. The van der Waals surface area contributed by atoms with Crippen LogP contribution in [-0.4, -0.2) is 24.3 Å². The molecule has 2 N–H and O–H groups in total. The largest absolute Gasteiger partial charge is 0.338 e. The molecule has 0 aromatic rings. The molecule has 0 aromatic heterocycles. The van der Waals surface area contributed by atoms with Crippen molar-refractivity contribution in [3.05, 3.63) is 0 Å². The number of urea groups is 1. The van der Waals surface area contributed by atoms with Gasteiger partial charge in [0.05, 0.1) is 0 Å². The summed E-state index contributed by atoms with van der Waals surface area (Å²) in [4.78, 5) is 11.7. The highest BCUT2D eigenvalue weighted by Gasteiger charge is 2.17. The maximum Gasteiger partial charge on any atom is 0.315 e. The number of carbonyl (C=O) groups excluding carboxylic acids is 1. The fraction of sp³-hybridized carbons (Fsp3) is 0.923. The zero-order chi connectivity index (χ0) is 13.3. The second-order valence-electron chi connectivity index (χ2n) is 5.05. The highest BCUT2D eigenvalue weighted by Crippen LogP contribution is 2.14. The van der Waals surface area contributed by atoms with Crippen molar-refractivity contribution in [3.8, 4) is 0 Å². The summed E-state index contributed by atoms with van der Waals surface area (Å²) in [5.74, 6) is 0.631. The first-order valence-electron chi connectivity index (χ1n) is 6.81. The van der Waals surface area contributed by atoms with Crippen LogP contribution in [0.2, 0.25) is 0 Å². The summed E-state index contributed by atoms with van der Waals surface area (Å²) in [6.45, 7) is 9.39. The Morgan fingerprint density at radius 3 is 2.35 bits per heavy atom. The number of amides is 2. The third-order valence-corrected chi connectivity index (χ3v) is 3.85. The van der Waals surface area contributed by atoms with Gasteiger partial charge >= 0.3 is 6.03 Å². The minimum atomic E-state index is -0.0231. The predicted octanol–water partition coefficient (Wildman–Crippen LogP) is 3.15. The minimum Gasteiger partial charge on any atom is -0.338 e. The molecule has 3 atom stereocenters. The Labute approximate surface area is 109 Å². The van der Waals surface area contributed by atoms with E-state index in [4.69, 9.17) is 0 Å². The molecule has 0 fully saturated rings. The molecule has 0 spiro atoms. The van der Waals surface area contributed by atoms with Crippen LogP contribution < -0.4 is 10.6 Å². The molecule has 2 unspecified atom stereocenters. The first-order valence-corrected chi connectivity index (χ1v) is 7.47. The van der Waals surface area contributed by atoms with E-state index < -0.39 is 0 Å². The Morgan fingerprint density at radius 1 is 1.24 bits per heavy atom. The van der Waals surface area contributed by atoms with E-state index in [1.165, 1.54) is 0 Å². The van der Waals surface area contributed by atoms with E-state index in [1.54, 1.807) is 0 Å². The SMILES string of the molecule is CCCC(NC(=O)NCCC(C)C)[C@@H](P)CC. The molecule has 0 heterocycles. The molecule has 2 amide bonds. The Bertz CT molecular complexity index is 210. The van der Waals surface area contributed by atoms with Crippen molar-refractivity contribution in [3.63, 3.8) is 0 Å². The van der Waals surface area contributed by atoms with Crippen molar-refractivity contribution in [2.45, 2.75) is 65.1 Å². The van der Waals surface area contributed by atoms with Crippen LogP contribution in [0.1, 0.15) is 53.4 Å². The molecule has 0 bridgehead atoms. The van der Waals surface area contributed by atoms with Gasteiger partial charge in [0.25, 0.3) is 0 Å². The second-order valence-corrected chi connectivity index (χ2v) is 5.91. The third-order valence-electron chi connectivity index (χ3n) is 2.91. The van der Waals surface area contributed by atoms with Gasteiger partial charge in [-0.15, -0.1) is 9.24 Å². The topological polar surface area (TPSA) is 41.1 Å². The summed E-state index contributed by atoms with van der Waals surface area (Å²) in [6, 6.07) is 0.249. The summed E-state index contributed by atoms with van der Waals surface area (Å²) < 4.78 is 0. The Kier molecular flexibility index (Phi) is 9.53. The first-order chi connectivity index (χ1) is 8.01. The minimum absolute atomic E-state index is 0.0231. The van der Waals surface area contributed by atoms with E-state index in [1.807, 2.05) is 0 Å². The number of hydrogen-bond acceptors (Lipinski definition) is 1. The molecule has 3 nitrogen and oxygen atoms in total. The van der Waals surface area contributed by atoms with Gasteiger partial charge in [0.2, 0.25) is 0 Å². The third kappa shape index (κ3) is 8.43. The zero-order valence-electron chi connectivity index (χ0n) is 11.8. The smallest absolute Gasteiger partial charge is 0.315 e. The van der Waals surface area contributed by atoms with Gasteiger partial charge in [-0.3, -0.25) is 0 Å². The van der Waals surface area contributed by atoms with E-state index >= 15 is 0 Å². The molecule has 0 aliphatic carbocycles. The molecular formula is C13H29N2OP. The average Bonchev–Trinajstić information content (AvgIpc) is 2.27. The zero-order valence-corrected chi connectivity index (χ0v) is 12.9. The molecule has 0 aliphatic rings. The van der Waals surface area contributed by atoms with Crippen molar-refractivity contribution in [1.82, 2.24) is 10.6 Å². The Morgan fingerprint density at radius 2 is 1.88 bits per heavy atom. The molecule has 0 saturated heterocycles. The van der Waals surface area contributed by atoms with Crippen LogP contribution in [0.25, 0.3) is 0 Å². The monoisotopic (exact) mass is 260 g/mol. The van der Waals surface area contributed by atoms with Crippen molar-refractivity contribution in [2.75, 3.05) is 6.54 Å². The fourth-order valence-corrected chi connectivity index (χ4v) is 1.97. The van der Waals surface area contributed by atoms with Gasteiger partial charge in [0, 0.05) is 12.6 Å².